The van der Waals surface area contributed by atoms with Gasteiger partial charge in [0.1, 0.15) is 11.4 Å². The van der Waals surface area contributed by atoms with Gasteiger partial charge < -0.3 is 14.8 Å². The maximum Gasteiger partial charge on any atom is 0.274 e. The van der Waals surface area contributed by atoms with Gasteiger partial charge in [-0.2, -0.15) is 0 Å². The smallest absolute Gasteiger partial charge is 0.274 e. The number of ether oxygens (including phenoxy) is 2. The summed E-state index contributed by atoms with van der Waals surface area (Å²) in [5, 5.41) is 11.6. The van der Waals surface area contributed by atoms with Crippen molar-refractivity contribution in [2.75, 3.05) is 14.2 Å². The fourth-order valence-corrected chi connectivity index (χ4v) is 2.78. The lowest BCUT2D eigenvalue weighted by Gasteiger charge is -2.09. The Bertz CT molecular complexity index is 925. The van der Waals surface area contributed by atoms with Crippen molar-refractivity contribution in [2.24, 2.45) is 0 Å². The number of hydrogen-bond donors (Lipinski definition) is 1. The summed E-state index contributed by atoms with van der Waals surface area (Å²) in [6.45, 7) is 0.480. The number of carbonyl (C=O) groups is 1. The van der Waals surface area contributed by atoms with Crippen LogP contribution in [0.4, 0.5) is 0 Å². The molecule has 0 aliphatic carbocycles. The second-order valence-corrected chi connectivity index (χ2v) is 6.11. The van der Waals surface area contributed by atoms with Gasteiger partial charge in [-0.15, -0.1) is 5.10 Å². The van der Waals surface area contributed by atoms with Crippen LogP contribution in [0.2, 0.25) is 5.02 Å². The summed E-state index contributed by atoms with van der Waals surface area (Å²) in [6.07, 6.45) is 0. The van der Waals surface area contributed by atoms with E-state index >= 15 is 0 Å². The van der Waals surface area contributed by atoms with Crippen molar-refractivity contribution in [1.82, 2.24) is 20.3 Å². The number of rotatable bonds is 7. The Morgan fingerprint density at radius 2 is 1.89 bits per heavy atom. The van der Waals surface area contributed by atoms with Crippen LogP contribution in [0.5, 0.6) is 5.75 Å². The molecule has 0 fully saturated rings. The second-order valence-electron chi connectivity index (χ2n) is 5.70. The number of methoxy groups -OCH3 is 2. The molecule has 7 nitrogen and oxygen atoms in total. The van der Waals surface area contributed by atoms with E-state index < -0.39 is 0 Å². The first kappa shape index (κ1) is 18.9. The largest absolute Gasteiger partial charge is 0.497 e. The number of aromatic nitrogens is 3. The summed E-state index contributed by atoms with van der Waals surface area (Å²) in [5.41, 5.74) is 2.34. The predicted molar refractivity (Wildman–Crippen MR) is 101 cm³/mol. The lowest BCUT2D eigenvalue weighted by Crippen LogP contribution is -2.25. The maximum absolute atomic E-state index is 12.6. The number of carbonyl (C=O) groups excluding carboxylic acids is 1. The molecular formula is C19H19ClN4O3. The minimum absolute atomic E-state index is 0.188. The minimum Gasteiger partial charge on any atom is -0.497 e. The molecule has 140 valence electrons. The van der Waals surface area contributed by atoms with E-state index in [4.69, 9.17) is 21.1 Å². The molecule has 0 spiro atoms. The van der Waals surface area contributed by atoms with E-state index in [1.807, 2.05) is 42.5 Å². The molecule has 1 N–H and O–H groups in total. The molecule has 0 bridgehead atoms. The predicted octanol–water partition coefficient (Wildman–Crippen LogP) is 3.01. The van der Waals surface area contributed by atoms with Crippen molar-refractivity contribution in [1.29, 1.82) is 0 Å². The molecule has 1 aromatic heterocycles. The molecule has 0 unspecified atom stereocenters. The lowest BCUT2D eigenvalue weighted by molar-refractivity contribution is 0.0940. The van der Waals surface area contributed by atoms with E-state index in [0.29, 0.717) is 17.3 Å². The van der Waals surface area contributed by atoms with Gasteiger partial charge in [0.15, 0.2) is 5.69 Å². The quantitative estimate of drug-likeness (QED) is 0.675. The molecule has 0 aliphatic rings. The first-order chi connectivity index (χ1) is 13.1. The fourth-order valence-electron chi connectivity index (χ4n) is 2.58. The first-order valence-electron chi connectivity index (χ1n) is 8.23. The number of benzene rings is 2. The van der Waals surface area contributed by atoms with Gasteiger partial charge in [-0.3, -0.25) is 4.79 Å². The summed E-state index contributed by atoms with van der Waals surface area (Å²) >= 11 is 6.13. The first-order valence-corrected chi connectivity index (χ1v) is 8.61. The van der Waals surface area contributed by atoms with Crippen molar-refractivity contribution < 1.29 is 14.3 Å². The third-order valence-corrected chi connectivity index (χ3v) is 4.34. The Morgan fingerprint density at radius 3 is 2.56 bits per heavy atom. The number of nitrogens with one attached hydrogen (secondary N) is 1. The fraction of sp³-hybridized carbons (Fsp3) is 0.211. The van der Waals surface area contributed by atoms with Gasteiger partial charge in [0.05, 0.1) is 19.4 Å². The SMILES string of the molecule is COCc1c(C(=O)NCc2ccccc2Cl)nnn1-c1ccc(OC)cc1. The molecule has 1 heterocycles. The molecule has 0 atom stereocenters. The Labute approximate surface area is 161 Å². The van der Waals surface area contributed by atoms with Crippen LogP contribution in [0.3, 0.4) is 0 Å². The van der Waals surface area contributed by atoms with Crippen LogP contribution in [0.15, 0.2) is 48.5 Å². The van der Waals surface area contributed by atoms with Crippen molar-refractivity contribution in [3.05, 3.63) is 70.5 Å². The Balaban J connectivity index is 1.83. The summed E-state index contributed by atoms with van der Waals surface area (Å²) in [4.78, 5) is 12.6. The van der Waals surface area contributed by atoms with Gasteiger partial charge in [0, 0.05) is 18.7 Å². The van der Waals surface area contributed by atoms with E-state index in [1.54, 1.807) is 25.0 Å². The second kappa shape index (κ2) is 8.66. The van der Waals surface area contributed by atoms with Crippen LogP contribution in [0.25, 0.3) is 5.69 Å². The summed E-state index contributed by atoms with van der Waals surface area (Å²) in [6, 6.07) is 14.6. The van der Waals surface area contributed by atoms with Crippen LogP contribution >= 0.6 is 11.6 Å². The maximum atomic E-state index is 12.6. The molecule has 0 saturated heterocycles. The highest BCUT2D eigenvalue weighted by Gasteiger charge is 2.20. The number of halogens is 1. The summed E-state index contributed by atoms with van der Waals surface area (Å²) in [5.74, 6) is 0.381. The zero-order chi connectivity index (χ0) is 19.2. The molecule has 0 saturated carbocycles. The summed E-state index contributed by atoms with van der Waals surface area (Å²) < 4.78 is 12.0. The van der Waals surface area contributed by atoms with E-state index in [0.717, 1.165) is 17.0 Å². The molecule has 2 aromatic carbocycles. The Kier molecular flexibility index (Phi) is 6.05. The minimum atomic E-state index is -0.346. The lowest BCUT2D eigenvalue weighted by atomic mass is 10.2. The van der Waals surface area contributed by atoms with E-state index in [2.05, 4.69) is 15.6 Å². The highest BCUT2D eigenvalue weighted by Crippen LogP contribution is 2.18. The highest BCUT2D eigenvalue weighted by molar-refractivity contribution is 6.31. The molecule has 3 aromatic rings. The van der Waals surface area contributed by atoms with Crippen molar-refractivity contribution >= 4 is 17.5 Å². The summed E-state index contributed by atoms with van der Waals surface area (Å²) in [7, 11) is 3.15. The normalized spacial score (nSPS) is 10.6. The van der Waals surface area contributed by atoms with Gasteiger partial charge in [0.2, 0.25) is 0 Å². The van der Waals surface area contributed by atoms with Crippen molar-refractivity contribution in [3.63, 3.8) is 0 Å². The van der Waals surface area contributed by atoms with E-state index in [1.165, 1.54) is 0 Å². The average molecular weight is 387 g/mol. The number of nitrogens with zero attached hydrogens (tertiary/aromatic N) is 3. The van der Waals surface area contributed by atoms with Gasteiger partial charge in [-0.25, -0.2) is 4.68 Å². The Hall–Kier alpha value is -2.90. The van der Waals surface area contributed by atoms with Gasteiger partial charge >= 0.3 is 0 Å². The molecule has 1 amide bonds. The molecule has 0 aliphatic heterocycles. The number of hydrogen-bond acceptors (Lipinski definition) is 5. The van der Waals surface area contributed by atoms with Crippen LogP contribution in [0, 0.1) is 0 Å². The third-order valence-electron chi connectivity index (χ3n) is 3.97. The van der Waals surface area contributed by atoms with Gasteiger partial charge in [-0.1, -0.05) is 35.0 Å². The van der Waals surface area contributed by atoms with E-state index in [-0.39, 0.29) is 18.2 Å². The molecule has 0 radical (unpaired) electrons. The van der Waals surface area contributed by atoms with E-state index in [9.17, 15) is 4.79 Å². The average Bonchev–Trinajstić information content (AvgIpc) is 3.11. The van der Waals surface area contributed by atoms with Gasteiger partial charge in [0.25, 0.3) is 5.91 Å². The zero-order valence-electron chi connectivity index (χ0n) is 15.0. The number of amides is 1. The van der Waals surface area contributed by atoms with Crippen LogP contribution in [-0.4, -0.2) is 35.1 Å². The molecule has 8 heteroatoms. The standard InChI is InChI=1S/C19H19ClN4O3/c1-26-12-17-18(19(25)21-11-13-5-3-4-6-16(13)20)22-23-24(17)14-7-9-15(27-2)10-8-14/h3-10H,11-12H2,1-2H3,(H,21,25). The van der Waals surface area contributed by atoms with Crippen molar-refractivity contribution in [3.8, 4) is 11.4 Å². The monoisotopic (exact) mass is 386 g/mol. The third kappa shape index (κ3) is 4.27. The van der Waals surface area contributed by atoms with Crippen LogP contribution in [0.1, 0.15) is 21.7 Å². The zero-order valence-corrected chi connectivity index (χ0v) is 15.7. The molecular weight excluding hydrogens is 368 g/mol. The van der Waals surface area contributed by atoms with Crippen molar-refractivity contribution in [2.45, 2.75) is 13.2 Å². The van der Waals surface area contributed by atoms with Gasteiger partial charge in [-0.05, 0) is 35.9 Å². The molecule has 3 rings (SSSR count). The Morgan fingerprint density at radius 1 is 1.15 bits per heavy atom. The topological polar surface area (TPSA) is 78.3 Å². The molecule has 27 heavy (non-hydrogen) atoms. The van der Waals surface area contributed by atoms with Crippen LogP contribution in [-0.2, 0) is 17.9 Å². The van der Waals surface area contributed by atoms with Crippen LogP contribution < -0.4 is 10.1 Å². The highest BCUT2D eigenvalue weighted by atomic mass is 35.5.